The van der Waals surface area contributed by atoms with Gasteiger partial charge in [-0.25, -0.2) is 0 Å². The summed E-state index contributed by atoms with van der Waals surface area (Å²) in [5, 5.41) is 9.22. The van der Waals surface area contributed by atoms with Crippen molar-refractivity contribution in [3.63, 3.8) is 0 Å². The molecule has 1 aliphatic carbocycles. The predicted molar refractivity (Wildman–Crippen MR) is 61.5 cm³/mol. The van der Waals surface area contributed by atoms with E-state index in [1.54, 1.807) is 19.1 Å². The van der Waals surface area contributed by atoms with Crippen LogP contribution in [0.5, 0.6) is 0 Å². The number of ketones is 1. The zero-order chi connectivity index (χ0) is 11.6. The van der Waals surface area contributed by atoms with Gasteiger partial charge in [0.05, 0.1) is 6.10 Å². The summed E-state index contributed by atoms with van der Waals surface area (Å²) in [5.41, 5.74) is 1.05. The molecule has 84 valence electrons. The van der Waals surface area contributed by atoms with E-state index in [9.17, 15) is 9.90 Å². The molecule has 0 radical (unpaired) electrons. The topological polar surface area (TPSA) is 37.3 Å². The summed E-state index contributed by atoms with van der Waals surface area (Å²) in [6.45, 7) is 7.91. The quantitative estimate of drug-likeness (QED) is 0.708. The Morgan fingerprint density at radius 1 is 1.60 bits per heavy atom. The van der Waals surface area contributed by atoms with Crippen LogP contribution in [0.1, 0.15) is 34.1 Å². The van der Waals surface area contributed by atoms with Crippen LogP contribution in [0.2, 0.25) is 0 Å². The molecule has 0 heterocycles. The highest BCUT2D eigenvalue weighted by molar-refractivity contribution is 5.92. The minimum absolute atomic E-state index is 0.0404. The Morgan fingerprint density at radius 3 is 2.67 bits per heavy atom. The normalized spacial score (nSPS) is 27.9. The summed E-state index contributed by atoms with van der Waals surface area (Å²) in [7, 11) is 0. The van der Waals surface area contributed by atoms with E-state index < -0.39 is 6.10 Å². The fraction of sp³-hybridized carbons (Fsp3) is 0.615. The van der Waals surface area contributed by atoms with Gasteiger partial charge in [0, 0.05) is 12.3 Å². The van der Waals surface area contributed by atoms with Crippen molar-refractivity contribution in [2.45, 2.75) is 40.2 Å². The molecule has 0 aromatic rings. The van der Waals surface area contributed by atoms with E-state index in [1.807, 2.05) is 13.0 Å². The molecule has 2 nitrogen and oxygen atoms in total. The van der Waals surface area contributed by atoms with Crippen LogP contribution in [0.4, 0.5) is 0 Å². The van der Waals surface area contributed by atoms with Crippen LogP contribution in [-0.2, 0) is 4.79 Å². The molecule has 1 aliphatic rings. The van der Waals surface area contributed by atoms with Crippen LogP contribution in [0.15, 0.2) is 23.8 Å². The molecule has 0 aliphatic heterocycles. The lowest BCUT2D eigenvalue weighted by Crippen LogP contribution is -2.30. The van der Waals surface area contributed by atoms with Gasteiger partial charge in [-0.1, -0.05) is 31.6 Å². The first-order chi connectivity index (χ1) is 6.83. The van der Waals surface area contributed by atoms with Crippen molar-refractivity contribution in [1.82, 2.24) is 0 Å². The second-order valence-corrected chi connectivity index (χ2v) is 5.12. The minimum Gasteiger partial charge on any atom is -0.389 e. The van der Waals surface area contributed by atoms with Crippen LogP contribution in [0.3, 0.4) is 0 Å². The Hall–Kier alpha value is -0.890. The van der Waals surface area contributed by atoms with Crippen LogP contribution in [0, 0.1) is 11.3 Å². The summed E-state index contributed by atoms with van der Waals surface area (Å²) >= 11 is 0. The number of hydrogen-bond acceptors (Lipinski definition) is 2. The molecule has 1 rings (SSSR count). The fourth-order valence-corrected chi connectivity index (χ4v) is 2.25. The van der Waals surface area contributed by atoms with Crippen molar-refractivity contribution >= 4 is 5.78 Å². The molecular weight excluding hydrogens is 188 g/mol. The van der Waals surface area contributed by atoms with Crippen LogP contribution >= 0.6 is 0 Å². The number of aliphatic hydroxyl groups excluding tert-OH is 1. The van der Waals surface area contributed by atoms with Crippen LogP contribution < -0.4 is 0 Å². The lowest BCUT2D eigenvalue weighted by atomic mass is 9.68. The maximum Gasteiger partial charge on any atom is 0.156 e. The highest BCUT2D eigenvalue weighted by Gasteiger charge is 2.34. The van der Waals surface area contributed by atoms with E-state index in [1.165, 1.54) is 0 Å². The van der Waals surface area contributed by atoms with Gasteiger partial charge in [0.2, 0.25) is 0 Å². The van der Waals surface area contributed by atoms with Gasteiger partial charge >= 0.3 is 0 Å². The molecule has 2 atom stereocenters. The van der Waals surface area contributed by atoms with Crippen molar-refractivity contribution in [2.75, 3.05) is 0 Å². The van der Waals surface area contributed by atoms with Gasteiger partial charge in [0.1, 0.15) is 0 Å². The lowest BCUT2D eigenvalue weighted by Gasteiger charge is -2.35. The van der Waals surface area contributed by atoms with Gasteiger partial charge in [0.15, 0.2) is 5.78 Å². The standard InChI is InChI=1S/C13H20O2/c1-9-7-11(15)8-13(3,4)12(9)6-5-10(2)14/h5-7,10,12,14H,8H2,1-4H3/b6-5+. The monoisotopic (exact) mass is 208 g/mol. The number of aliphatic hydroxyl groups is 1. The molecule has 0 fully saturated rings. The average Bonchev–Trinajstić information content (AvgIpc) is 1.98. The van der Waals surface area contributed by atoms with Gasteiger partial charge in [-0.3, -0.25) is 4.79 Å². The zero-order valence-corrected chi connectivity index (χ0v) is 9.95. The van der Waals surface area contributed by atoms with Crippen LogP contribution in [-0.4, -0.2) is 17.0 Å². The number of allylic oxidation sites excluding steroid dienone is 3. The fourth-order valence-electron chi connectivity index (χ4n) is 2.25. The molecular formula is C13H20O2. The van der Waals surface area contributed by atoms with Crippen molar-refractivity contribution in [3.8, 4) is 0 Å². The lowest BCUT2D eigenvalue weighted by molar-refractivity contribution is -0.117. The number of carbonyl (C=O) groups is 1. The first-order valence-corrected chi connectivity index (χ1v) is 5.40. The Kier molecular flexibility index (Phi) is 3.50. The highest BCUT2D eigenvalue weighted by Crippen LogP contribution is 2.40. The summed E-state index contributed by atoms with van der Waals surface area (Å²) in [6.07, 6.45) is 5.69. The van der Waals surface area contributed by atoms with E-state index in [0.29, 0.717) is 6.42 Å². The summed E-state index contributed by atoms with van der Waals surface area (Å²) in [6, 6.07) is 0. The van der Waals surface area contributed by atoms with Gasteiger partial charge in [-0.15, -0.1) is 0 Å². The molecule has 1 N–H and O–H groups in total. The van der Waals surface area contributed by atoms with E-state index in [0.717, 1.165) is 5.57 Å². The maximum atomic E-state index is 11.4. The molecule has 0 spiro atoms. The first kappa shape index (κ1) is 12.2. The minimum atomic E-state index is -0.425. The summed E-state index contributed by atoms with van der Waals surface area (Å²) in [4.78, 5) is 11.4. The third kappa shape index (κ3) is 3.03. The number of carbonyl (C=O) groups excluding carboxylic acids is 1. The van der Waals surface area contributed by atoms with E-state index in [2.05, 4.69) is 13.8 Å². The van der Waals surface area contributed by atoms with Gasteiger partial charge in [-0.05, 0) is 25.3 Å². The average molecular weight is 208 g/mol. The molecule has 0 saturated heterocycles. The van der Waals surface area contributed by atoms with Gasteiger partial charge in [-0.2, -0.15) is 0 Å². The van der Waals surface area contributed by atoms with Crippen molar-refractivity contribution in [1.29, 1.82) is 0 Å². The summed E-state index contributed by atoms with van der Waals surface area (Å²) < 4.78 is 0. The molecule has 0 saturated carbocycles. The van der Waals surface area contributed by atoms with E-state index in [4.69, 9.17) is 0 Å². The Bertz CT molecular complexity index is 308. The second kappa shape index (κ2) is 4.31. The highest BCUT2D eigenvalue weighted by atomic mass is 16.3. The molecule has 15 heavy (non-hydrogen) atoms. The SMILES string of the molecule is CC1=CC(=O)CC(C)(C)C1/C=C/C(C)O. The third-order valence-electron chi connectivity index (χ3n) is 2.93. The molecule has 2 heteroatoms. The molecule has 2 unspecified atom stereocenters. The zero-order valence-electron chi connectivity index (χ0n) is 9.95. The molecule has 0 bridgehead atoms. The maximum absolute atomic E-state index is 11.4. The summed E-state index contributed by atoms with van der Waals surface area (Å²) in [5.74, 6) is 0.462. The first-order valence-electron chi connectivity index (χ1n) is 5.40. The van der Waals surface area contributed by atoms with Crippen LogP contribution in [0.25, 0.3) is 0 Å². The van der Waals surface area contributed by atoms with Gasteiger partial charge < -0.3 is 5.11 Å². The van der Waals surface area contributed by atoms with Crippen molar-refractivity contribution in [2.24, 2.45) is 11.3 Å². The number of rotatable bonds is 2. The Balaban J connectivity index is 2.94. The smallest absolute Gasteiger partial charge is 0.156 e. The van der Waals surface area contributed by atoms with Crippen molar-refractivity contribution in [3.05, 3.63) is 23.8 Å². The third-order valence-corrected chi connectivity index (χ3v) is 2.93. The molecule has 0 amide bonds. The predicted octanol–water partition coefficient (Wildman–Crippen LogP) is 2.48. The molecule has 0 aromatic carbocycles. The Morgan fingerprint density at radius 2 is 2.20 bits per heavy atom. The van der Waals surface area contributed by atoms with E-state index >= 15 is 0 Å². The van der Waals surface area contributed by atoms with E-state index in [-0.39, 0.29) is 17.1 Å². The number of hydrogen-bond donors (Lipinski definition) is 1. The largest absolute Gasteiger partial charge is 0.389 e. The van der Waals surface area contributed by atoms with Gasteiger partial charge in [0.25, 0.3) is 0 Å². The molecule has 0 aromatic heterocycles. The van der Waals surface area contributed by atoms with Crippen molar-refractivity contribution < 1.29 is 9.90 Å². The Labute approximate surface area is 91.7 Å². The second-order valence-electron chi connectivity index (χ2n) is 5.12.